The topological polar surface area (TPSA) is 173 Å². The number of amides is 5. The Hall–Kier alpha value is -6.82. The predicted molar refractivity (Wildman–Crippen MR) is 240 cm³/mol. The van der Waals surface area contributed by atoms with Crippen molar-refractivity contribution in [1.29, 1.82) is 0 Å². The second-order valence-electron chi connectivity index (χ2n) is 18.5. The summed E-state index contributed by atoms with van der Waals surface area (Å²) in [6.07, 6.45) is 4.24. The van der Waals surface area contributed by atoms with E-state index >= 15 is 4.39 Å². The highest BCUT2D eigenvalue weighted by molar-refractivity contribution is 6.23. The van der Waals surface area contributed by atoms with Crippen LogP contribution in [0.25, 0.3) is 0 Å². The fourth-order valence-corrected chi connectivity index (χ4v) is 9.71. The molecule has 17 nitrogen and oxygen atoms in total. The smallest absolute Gasteiger partial charge is 0.415 e. The summed E-state index contributed by atoms with van der Waals surface area (Å²) in [6, 6.07) is 12.1. The number of hydrogen-bond acceptors (Lipinski definition) is 14. The van der Waals surface area contributed by atoms with Gasteiger partial charge in [0.05, 0.1) is 35.2 Å². The summed E-state index contributed by atoms with van der Waals surface area (Å²) in [5.41, 5.74) is 6.55. The van der Waals surface area contributed by atoms with E-state index in [1.165, 1.54) is 11.6 Å². The average Bonchev–Trinajstić information content (AvgIpc) is 3.49. The van der Waals surface area contributed by atoms with E-state index < -0.39 is 47.2 Å². The molecular formula is C47H51FN10O7. The van der Waals surface area contributed by atoms with Gasteiger partial charge in [-0.25, -0.2) is 19.2 Å². The van der Waals surface area contributed by atoms with Gasteiger partial charge in [0.25, 0.3) is 11.8 Å². The van der Waals surface area contributed by atoms with Crippen molar-refractivity contribution in [3.8, 4) is 5.88 Å². The third-order valence-corrected chi connectivity index (χ3v) is 13.2. The van der Waals surface area contributed by atoms with Crippen LogP contribution in [0.1, 0.15) is 71.0 Å². The fraction of sp³-hybridized carbons (Fsp3) is 0.426. The molecule has 0 saturated carbocycles. The number of hydrogen-bond donors (Lipinski definition) is 2. The van der Waals surface area contributed by atoms with Gasteiger partial charge < -0.3 is 29.5 Å². The second kappa shape index (κ2) is 16.3. The predicted octanol–water partition coefficient (Wildman–Crippen LogP) is 4.78. The third-order valence-electron chi connectivity index (χ3n) is 13.2. The van der Waals surface area contributed by atoms with Crippen LogP contribution in [0.4, 0.5) is 43.4 Å². The maximum atomic E-state index is 15.4. The summed E-state index contributed by atoms with van der Waals surface area (Å²) in [5.74, 6) is -1.93. The molecule has 0 spiro atoms. The molecule has 0 aliphatic carbocycles. The van der Waals surface area contributed by atoms with E-state index in [2.05, 4.69) is 60.6 Å². The molecule has 0 bridgehead atoms. The molecule has 8 heterocycles. The third kappa shape index (κ3) is 7.93. The van der Waals surface area contributed by atoms with Gasteiger partial charge in [-0.3, -0.25) is 39.2 Å². The highest BCUT2D eigenvalue weighted by Crippen LogP contribution is 2.41. The Morgan fingerprint density at radius 3 is 2.31 bits per heavy atom. The van der Waals surface area contributed by atoms with Gasteiger partial charge in [0.15, 0.2) is 0 Å². The number of carbonyl (C=O) groups is 5. The first kappa shape index (κ1) is 42.1. The monoisotopic (exact) mass is 886 g/mol. The van der Waals surface area contributed by atoms with Crippen molar-refractivity contribution >= 4 is 64.0 Å². The number of piperazine rings is 1. The van der Waals surface area contributed by atoms with Crippen molar-refractivity contribution in [3.05, 3.63) is 88.5 Å². The Morgan fingerprint density at radius 2 is 1.58 bits per heavy atom. The van der Waals surface area contributed by atoms with Crippen molar-refractivity contribution in [2.45, 2.75) is 71.2 Å². The van der Waals surface area contributed by atoms with Crippen LogP contribution in [0.2, 0.25) is 0 Å². The van der Waals surface area contributed by atoms with Gasteiger partial charge in [-0.2, -0.15) is 0 Å². The van der Waals surface area contributed by atoms with Crippen LogP contribution < -0.4 is 35.0 Å². The van der Waals surface area contributed by atoms with Gasteiger partial charge in [-0.1, -0.05) is 0 Å². The first-order chi connectivity index (χ1) is 31.2. The van der Waals surface area contributed by atoms with Crippen molar-refractivity contribution in [1.82, 2.24) is 25.1 Å². The Labute approximate surface area is 375 Å². The van der Waals surface area contributed by atoms with Crippen molar-refractivity contribution < 1.29 is 37.8 Å². The molecule has 18 heteroatoms. The van der Waals surface area contributed by atoms with Crippen LogP contribution in [-0.2, 0) is 27.3 Å². The number of anilines is 6. The van der Waals surface area contributed by atoms with Crippen molar-refractivity contribution in [2.24, 2.45) is 0 Å². The van der Waals surface area contributed by atoms with Gasteiger partial charge in [-0.15, -0.1) is 0 Å². The normalized spacial score (nSPS) is 20.2. The molecule has 1 atom stereocenters. The lowest BCUT2D eigenvalue weighted by Gasteiger charge is -2.49. The Bertz CT molecular complexity index is 2620. The fourth-order valence-electron chi connectivity index (χ4n) is 9.71. The molecule has 10 rings (SSSR count). The van der Waals surface area contributed by atoms with E-state index in [9.17, 15) is 24.0 Å². The van der Waals surface area contributed by atoms with E-state index in [1.807, 2.05) is 45.0 Å². The summed E-state index contributed by atoms with van der Waals surface area (Å²) >= 11 is 0. The molecule has 3 saturated heterocycles. The minimum atomic E-state index is -1.10. The maximum Gasteiger partial charge on any atom is 0.415 e. The van der Waals surface area contributed by atoms with Gasteiger partial charge in [0.2, 0.25) is 17.7 Å². The highest BCUT2D eigenvalue weighted by atomic mass is 19.1. The van der Waals surface area contributed by atoms with E-state index in [1.54, 1.807) is 4.90 Å². The van der Waals surface area contributed by atoms with Gasteiger partial charge in [0.1, 0.15) is 35.6 Å². The van der Waals surface area contributed by atoms with Gasteiger partial charge in [-0.05, 0) is 94.1 Å². The zero-order valence-electron chi connectivity index (χ0n) is 36.9. The number of fused-ring (bicyclic) bond motifs is 3. The maximum absolute atomic E-state index is 15.4. The lowest BCUT2D eigenvalue weighted by molar-refractivity contribution is -0.136. The largest absolute Gasteiger partial charge is 0.474 e. The lowest BCUT2D eigenvalue weighted by Crippen LogP contribution is -2.63. The molecule has 6 aliphatic rings. The number of halogens is 1. The molecule has 65 heavy (non-hydrogen) atoms. The molecule has 5 amide bonds. The molecule has 2 N–H and O–H groups in total. The summed E-state index contributed by atoms with van der Waals surface area (Å²) in [4.78, 5) is 84.5. The number of piperidine rings is 1. The zero-order valence-corrected chi connectivity index (χ0v) is 36.9. The summed E-state index contributed by atoms with van der Waals surface area (Å²) in [6.45, 7) is 14.2. The standard InChI is InChI=1S/C47H51FN10O7/c1-27-38(23-50-43-41(27)57(17-18-64-43)46(63)65-47(2,3)4)55-12-11-28-22-49-39(19-29(28)24-55)51-30-5-7-31(8-6-30)53-13-15-54(16-14-53)32-25-56(26-32)37-21-34-33(20-35(37)48)44(61)58(45(34)62)36-9-10-40(59)52-42(36)60/h5-8,19-23,32,36H,9-18,24-26H2,1-4H3,(H,49,51)(H,52,59,60). The molecule has 2 aromatic carbocycles. The van der Waals surface area contributed by atoms with Crippen LogP contribution in [-0.4, -0.2) is 126 Å². The number of benzene rings is 2. The Balaban J connectivity index is 0.729. The minimum Gasteiger partial charge on any atom is -0.474 e. The van der Waals surface area contributed by atoms with Crippen molar-refractivity contribution in [2.75, 3.05) is 83.9 Å². The second-order valence-corrected chi connectivity index (χ2v) is 18.5. The molecule has 1 unspecified atom stereocenters. The number of carbonyl (C=O) groups excluding carboxylic acids is 5. The number of imide groups is 2. The Kier molecular flexibility index (Phi) is 10.6. The van der Waals surface area contributed by atoms with E-state index in [0.717, 1.165) is 84.1 Å². The van der Waals surface area contributed by atoms with Crippen molar-refractivity contribution in [3.63, 3.8) is 0 Å². The number of rotatable bonds is 7. The number of ether oxygens (including phenoxy) is 2. The summed E-state index contributed by atoms with van der Waals surface area (Å²) in [5, 5.41) is 5.67. The van der Waals surface area contributed by atoms with Crippen LogP contribution in [0, 0.1) is 12.7 Å². The van der Waals surface area contributed by atoms with E-state index in [-0.39, 0.29) is 35.7 Å². The first-order valence-electron chi connectivity index (χ1n) is 22.2. The molecule has 6 aliphatic heterocycles. The number of nitrogens with zero attached hydrogens (tertiary/aromatic N) is 8. The SMILES string of the molecule is Cc1c(N2CCc3cnc(Nc4ccc(N5CCN(C6CN(c7cc8c(cc7F)C(=O)N(C7CCC(=O)NC7=O)C8=O)C6)CC5)cc4)cc3C2)cnc2c1N(C(=O)OC(C)(C)C)CCO2. The van der Waals surface area contributed by atoms with Crippen LogP contribution in [0.15, 0.2) is 54.9 Å². The zero-order chi connectivity index (χ0) is 45.3. The average molecular weight is 887 g/mol. The lowest BCUT2D eigenvalue weighted by atomic mass is 10.0. The van der Waals surface area contributed by atoms with Crippen LogP contribution >= 0.6 is 0 Å². The molecule has 3 fully saturated rings. The number of pyridine rings is 2. The first-order valence-corrected chi connectivity index (χ1v) is 22.2. The van der Waals surface area contributed by atoms with E-state index in [0.29, 0.717) is 44.4 Å². The molecule has 2 aromatic heterocycles. The van der Waals surface area contributed by atoms with Gasteiger partial charge >= 0.3 is 6.09 Å². The van der Waals surface area contributed by atoms with E-state index in [4.69, 9.17) is 14.5 Å². The number of nitrogens with one attached hydrogen (secondary N) is 2. The number of aromatic nitrogens is 2. The molecule has 338 valence electrons. The highest BCUT2D eigenvalue weighted by Gasteiger charge is 2.46. The minimum absolute atomic E-state index is 0.0154. The molecular weight excluding hydrogens is 836 g/mol. The van der Waals surface area contributed by atoms with Gasteiger partial charge in [0, 0.05) is 88.0 Å². The quantitative estimate of drug-likeness (QED) is 0.243. The summed E-state index contributed by atoms with van der Waals surface area (Å²) in [7, 11) is 0. The van der Waals surface area contributed by atoms with Crippen LogP contribution in [0.3, 0.4) is 0 Å². The van der Waals surface area contributed by atoms with Crippen LogP contribution in [0.5, 0.6) is 5.88 Å². The Morgan fingerprint density at radius 1 is 0.846 bits per heavy atom. The molecule has 4 aromatic rings. The molecule has 0 radical (unpaired) electrons. The summed E-state index contributed by atoms with van der Waals surface area (Å²) < 4.78 is 27.0.